The number of sulfonamides is 1. The fraction of sp³-hybridized carbons (Fsp3) is 0.400. The second-order valence-electron chi connectivity index (χ2n) is 9.48. The monoisotopic (exact) mass is 485 g/mol. The molecule has 0 aromatic heterocycles. The standard InChI is InChI=1S/C25H31N3O5S/c1-6-20(23(30)26-25(3,4)5)27(15-18-13-11-17(2)12-14-18)22(29)16-28-24(31)19-9-7-8-10-21(19)34(28,32)33/h7-14,20H,6,15-16H2,1-5H3,(H,26,30). The third-order valence-corrected chi connectivity index (χ3v) is 7.34. The highest BCUT2D eigenvalue weighted by Crippen LogP contribution is 2.30. The third kappa shape index (κ3) is 5.30. The molecule has 1 aliphatic rings. The molecule has 2 aromatic carbocycles. The zero-order valence-electron chi connectivity index (χ0n) is 20.2. The Balaban J connectivity index is 1.93. The number of nitrogens with zero attached hydrogens (tertiary/aromatic N) is 2. The summed E-state index contributed by atoms with van der Waals surface area (Å²) in [6.07, 6.45) is 0.320. The summed E-state index contributed by atoms with van der Waals surface area (Å²) >= 11 is 0. The van der Waals surface area contributed by atoms with Gasteiger partial charge in [-0.25, -0.2) is 12.7 Å². The first kappa shape index (κ1) is 25.4. The maximum Gasteiger partial charge on any atom is 0.269 e. The van der Waals surface area contributed by atoms with E-state index in [2.05, 4.69) is 5.32 Å². The lowest BCUT2D eigenvalue weighted by atomic mass is 10.1. The molecule has 0 aliphatic carbocycles. The maximum absolute atomic E-state index is 13.5. The van der Waals surface area contributed by atoms with Crippen molar-refractivity contribution in [3.63, 3.8) is 0 Å². The van der Waals surface area contributed by atoms with Crippen molar-refractivity contribution in [2.75, 3.05) is 6.54 Å². The van der Waals surface area contributed by atoms with Crippen LogP contribution in [0.25, 0.3) is 0 Å². The second-order valence-corrected chi connectivity index (χ2v) is 11.3. The van der Waals surface area contributed by atoms with E-state index in [0.717, 1.165) is 11.1 Å². The van der Waals surface area contributed by atoms with Crippen molar-refractivity contribution < 1.29 is 22.8 Å². The van der Waals surface area contributed by atoms with Gasteiger partial charge >= 0.3 is 0 Å². The predicted octanol–water partition coefficient (Wildman–Crippen LogP) is 2.86. The fourth-order valence-corrected chi connectivity index (χ4v) is 5.38. The topological polar surface area (TPSA) is 104 Å². The summed E-state index contributed by atoms with van der Waals surface area (Å²) in [6.45, 7) is 8.68. The van der Waals surface area contributed by atoms with Crippen LogP contribution >= 0.6 is 0 Å². The zero-order chi connectivity index (χ0) is 25.3. The minimum Gasteiger partial charge on any atom is -0.350 e. The van der Waals surface area contributed by atoms with Gasteiger partial charge in [0.25, 0.3) is 15.9 Å². The number of amides is 3. The molecule has 3 rings (SSSR count). The van der Waals surface area contributed by atoms with Gasteiger partial charge in [-0.05, 0) is 51.8 Å². The maximum atomic E-state index is 13.5. The number of fused-ring (bicyclic) bond motifs is 1. The predicted molar refractivity (Wildman–Crippen MR) is 128 cm³/mol. The minimum absolute atomic E-state index is 0.0397. The number of nitrogens with one attached hydrogen (secondary N) is 1. The van der Waals surface area contributed by atoms with Crippen molar-refractivity contribution in [2.45, 2.75) is 64.1 Å². The fourth-order valence-electron chi connectivity index (χ4n) is 3.86. The Morgan fingerprint density at radius 1 is 1.06 bits per heavy atom. The highest BCUT2D eigenvalue weighted by Gasteiger charge is 2.43. The average Bonchev–Trinajstić information content (AvgIpc) is 2.94. The van der Waals surface area contributed by atoms with E-state index < -0.39 is 40.0 Å². The lowest BCUT2D eigenvalue weighted by molar-refractivity contribution is -0.141. The number of aryl methyl sites for hydroxylation is 1. The van der Waals surface area contributed by atoms with Gasteiger partial charge in [-0.3, -0.25) is 14.4 Å². The van der Waals surface area contributed by atoms with Crippen molar-refractivity contribution in [3.8, 4) is 0 Å². The Hall–Kier alpha value is -3.20. The molecule has 0 radical (unpaired) electrons. The van der Waals surface area contributed by atoms with Gasteiger partial charge < -0.3 is 10.2 Å². The van der Waals surface area contributed by atoms with Crippen LogP contribution in [0.15, 0.2) is 53.4 Å². The summed E-state index contributed by atoms with van der Waals surface area (Å²) in [5.74, 6) is -1.71. The van der Waals surface area contributed by atoms with Gasteiger partial charge in [-0.2, -0.15) is 0 Å². The Morgan fingerprint density at radius 3 is 2.24 bits per heavy atom. The van der Waals surface area contributed by atoms with Crippen LogP contribution in [0.1, 0.15) is 55.6 Å². The van der Waals surface area contributed by atoms with Crippen LogP contribution in [0.3, 0.4) is 0 Å². The molecule has 1 N–H and O–H groups in total. The van der Waals surface area contributed by atoms with E-state index in [1.54, 1.807) is 13.0 Å². The Bertz CT molecular complexity index is 1200. The average molecular weight is 486 g/mol. The first-order chi connectivity index (χ1) is 15.8. The van der Waals surface area contributed by atoms with Gasteiger partial charge in [0.05, 0.1) is 5.56 Å². The molecule has 9 heteroatoms. The first-order valence-electron chi connectivity index (χ1n) is 11.2. The number of carbonyl (C=O) groups excluding carboxylic acids is 3. The lowest BCUT2D eigenvalue weighted by Gasteiger charge is -2.33. The largest absolute Gasteiger partial charge is 0.350 e. The molecular weight excluding hydrogens is 454 g/mol. The SMILES string of the molecule is CCC(C(=O)NC(C)(C)C)N(Cc1ccc(C)cc1)C(=O)CN1C(=O)c2ccccc2S1(=O)=O. The highest BCUT2D eigenvalue weighted by atomic mass is 32.2. The van der Waals surface area contributed by atoms with E-state index in [1.807, 2.05) is 52.0 Å². The summed E-state index contributed by atoms with van der Waals surface area (Å²) in [5.41, 5.74) is 1.36. The number of hydrogen-bond acceptors (Lipinski definition) is 5. The molecule has 3 amide bonds. The van der Waals surface area contributed by atoms with Gasteiger partial charge in [0.2, 0.25) is 11.8 Å². The molecule has 8 nitrogen and oxygen atoms in total. The zero-order valence-corrected chi connectivity index (χ0v) is 21.0. The highest BCUT2D eigenvalue weighted by molar-refractivity contribution is 7.90. The molecule has 0 spiro atoms. The Labute approximate surface area is 201 Å². The molecule has 0 saturated heterocycles. The molecule has 182 valence electrons. The second kappa shape index (κ2) is 9.58. The van der Waals surface area contributed by atoms with Crippen LogP contribution in [-0.2, 0) is 26.2 Å². The molecule has 1 heterocycles. The number of rotatable bonds is 7. The van der Waals surface area contributed by atoms with E-state index in [9.17, 15) is 22.8 Å². The number of benzene rings is 2. The van der Waals surface area contributed by atoms with Crippen LogP contribution in [0.2, 0.25) is 0 Å². The quantitative estimate of drug-likeness (QED) is 0.650. The van der Waals surface area contributed by atoms with Crippen molar-refractivity contribution in [1.29, 1.82) is 0 Å². The number of carbonyl (C=O) groups is 3. The first-order valence-corrected chi connectivity index (χ1v) is 12.6. The van der Waals surface area contributed by atoms with Crippen LogP contribution in [0, 0.1) is 6.92 Å². The van der Waals surface area contributed by atoms with E-state index >= 15 is 0 Å². The summed E-state index contributed by atoms with van der Waals surface area (Å²) in [7, 11) is -4.15. The van der Waals surface area contributed by atoms with Gasteiger partial charge in [-0.15, -0.1) is 0 Å². The van der Waals surface area contributed by atoms with Crippen LogP contribution in [-0.4, -0.2) is 53.5 Å². The van der Waals surface area contributed by atoms with Gasteiger partial charge in [0.15, 0.2) is 0 Å². The molecule has 1 aliphatic heterocycles. The van der Waals surface area contributed by atoms with Crippen molar-refractivity contribution in [3.05, 3.63) is 65.2 Å². The van der Waals surface area contributed by atoms with Crippen LogP contribution in [0.5, 0.6) is 0 Å². The van der Waals surface area contributed by atoms with E-state index in [0.29, 0.717) is 10.7 Å². The molecule has 0 fully saturated rings. The van der Waals surface area contributed by atoms with E-state index in [1.165, 1.54) is 23.1 Å². The van der Waals surface area contributed by atoms with Crippen molar-refractivity contribution in [2.24, 2.45) is 0 Å². The Morgan fingerprint density at radius 2 is 1.68 bits per heavy atom. The summed E-state index contributed by atoms with van der Waals surface area (Å²) in [6, 6.07) is 12.6. The molecule has 34 heavy (non-hydrogen) atoms. The lowest BCUT2D eigenvalue weighted by Crippen LogP contribution is -2.55. The van der Waals surface area contributed by atoms with Crippen molar-refractivity contribution in [1.82, 2.24) is 14.5 Å². The Kier molecular flexibility index (Phi) is 7.16. The molecular formula is C25H31N3O5S. The van der Waals surface area contributed by atoms with Gasteiger partial charge in [-0.1, -0.05) is 48.9 Å². The third-order valence-electron chi connectivity index (χ3n) is 5.55. The minimum atomic E-state index is -4.15. The van der Waals surface area contributed by atoms with E-state index in [-0.39, 0.29) is 22.9 Å². The molecule has 2 aromatic rings. The van der Waals surface area contributed by atoms with Gasteiger partial charge in [0, 0.05) is 12.1 Å². The summed E-state index contributed by atoms with van der Waals surface area (Å²) < 4.78 is 26.5. The molecule has 0 saturated carbocycles. The van der Waals surface area contributed by atoms with Crippen LogP contribution in [0.4, 0.5) is 0 Å². The normalized spacial score (nSPS) is 15.6. The van der Waals surface area contributed by atoms with Crippen molar-refractivity contribution >= 4 is 27.7 Å². The van der Waals surface area contributed by atoms with Crippen LogP contribution < -0.4 is 5.32 Å². The molecule has 1 unspecified atom stereocenters. The van der Waals surface area contributed by atoms with E-state index in [4.69, 9.17) is 0 Å². The smallest absolute Gasteiger partial charge is 0.269 e. The summed E-state index contributed by atoms with van der Waals surface area (Å²) in [5, 5.41) is 2.90. The van der Waals surface area contributed by atoms with Gasteiger partial charge in [0.1, 0.15) is 17.5 Å². The summed E-state index contributed by atoms with van der Waals surface area (Å²) in [4.78, 5) is 40.7. The number of hydrogen-bond donors (Lipinski definition) is 1. The molecule has 1 atom stereocenters. The molecule has 0 bridgehead atoms.